The van der Waals surface area contributed by atoms with E-state index in [0.29, 0.717) is 24.4 Å². The van der Waals surface area contributed by atoms with Crippen LogP contribution >= 0.6 is 0 Å². The molecule has 1 aliphatic rings. The van der Waals surface area contributed by atoms with E-state index < -0.39 is 12.0 Å². The number of rotatable bonds is 7. The van der Waals surface area contributed by atoms with E-state index in [1.165, 1.54) is 4.90 Å². The van der Waals surface area contributed by atoms with Gasteiger partial charge in [0.15, 0.2) is 0 Å². The topological polar surface area (TPSA) is 67.9 Å². The van der Waals surface area contributed by atoms with E-state index in [1.54, 1.807) is 20.1 Å². The number of methoxy groups -OCH3 is 1. The summed E-state index contributed by atoms with van der Waals surface area (Å²) >= 11 is 0. The third-order valence-electron chi connectivity index (χ3n) is 4.76. The van der Waals surface area contributed by atoms with E-state index >= 15 is 0 Å². The maximum Gasteiger partial charge on any atom is 0.338 e. The Labute approximate surface area is 164 Å². The smallest absolute Gasteiger partial charge is 0.338 e. The number of amides is 2. The van der Waals surface area contributed by atoms with Crippen molar-refractivity contribution in [2.45, 2.75) is 13.0 Å². The van der Waals surface area contributed by atoms with Gasteiger partial charge in [0.05, 0.1) is 18.2 Å². The van der Waals surface area contributed by atoms with Gasteiger partial charge in [-0.15, -0.1) is 6.58 Å². The average molecular weight is 380 g/mol. The summed E-state index contributed by atoms with van der Waals surface area (Å²) in [5.41, 5.74) is 1.79. The molecule has 2 aromatic rings. The summed E-state index contributed by atoms with van der Waals surface area (Å²) in [6, 6.07) is 13.0. The first-order valence-electron chi connectivity index (χ1n) is 9.11. The van der Waals surface area contributed by atoms with Crippen molar-refractivity contribution in [3.05, 3.63) is 72.0 Å². The van der Waals surface area contributed by atoms with Crippen LogP contribution in [0.15, 0.2) is 66.4 Å². The van der Waals surface area contributed by atoms with Crippen molar-refractivity contribution in [3.63, 3.8) is 0 Å². The zero-order valence-electron chi connectivity index (χ0n) is 16.1. The summed E-state index contributed by atoms with van der Waals surface area (Å²) in [4.78, 5) is 27.0. The van der Waals surface area contributed by atoms with Gasteiger partial charge in [0.25, 0.3) is 0 Å². The van der Waals surface area contributed by atoms with Crippen LogP contribution in [0.25, 0.3) is 10.8 Å². The zero-order valence-corrected chi connectivity index (χ0v) is 16.1. The van der Waals surface area contributed by atoms with Gasteiger partial charge in [-0.1, -0.05) is 42.5 Å². The van der Waals surface area contributed by atoms with Gasteiger partial charge < -0.3 is 14.8 Å². The number of hydrogen-bond donors (Lipinski definition) is 1. The predicted octanol–water partition coefficient (Wildman–Crippen LogP) is 3.56. The van der Waals surface area contributed by atoms with E-state index in [1.807, 2.05) is 42.5 Å². The second-order valence-electron chi connectivity index (χ2n) is 6.52. The van der Waals surface area contributed by atoms with Gasteiger partial charge >= 0.3 is 12.0 Å². The molecular formula is C22H24N2O4. The van der Waals surface area contributed by atoms with Crippen molar-refractivity contribution in [3.8, 4) is 0 Å². The van der Waals surface area contributed by atoms with Crippen LogP contribution in [0.5, 0.6) is 0 Å². The van der Waals surface area contributed by atoms with E-state index in [9.17, 15) is 9.59 Å². The van der Waals surface area contributed by atoms with Crippen LogP contribution in [0.3, 0.4) is 0 Å². The highest BCUT2D eigenvalue weighted by molar-refractivity contribution is 5.95. The van der Waals surface area contributed by atoms with Gasteiger partial charge in [0.1, 0.15) is 6.61 Å². The van der Waals surface area contributed by atoms with Crippen molar-refractivity contribution in [1.29, 1.82) is 0 Å². The van der Waals surface area contributed by atoms with Crippen molar-refractivity contribution in [2.75, 3.05) is 26.9 Å². The van der Waals surface area contributed by atoms with E-state index in [2.05, 4.69) is 11.9 Å². The van der Waals surface area contributed by atoms with Crippen molar-refractivity contribution >= 4 is 22.8 Å². The van der Waals surface area contributed by atoms with E-state index in [4.69, 9.17) is 9.47 Å². The number of carbonyl (C=O) groups is 2. The molecule has 3 rings (SSSR count). The molecule has 0 saturated heterocycles. The Morgan fingerprint density at radius 3 is 2.68 bits per heavy atom. The molecule has 1 atom stereocenters. The molecule has 6 heteroatoms. The molecular weight excluding hydrogens is 356 g/mol. The maximum atomic E-state index is 12.8. The molecule has 1 heterocycles. The molecule has 0 aromatic heterocycles. The highest BCUT2D eigenvalue weighted by atomic mass is 16.6. The van der Waals surface area contributed by atoms with Crippen LogP contribution in [-0.4, -0.2) is 43.8 Å². The highest BCUT2D eigenvalue weighted by Crippen LogP contribution is 2.32. The Morgan fingerprint density at radius 2 is 1.96 bits per heavy atom. The monoisotopic (exact) mass is 380 g/mol. The summed E-state index contributed by atoms with van der Waals surface area (Å²) in [5.74, 6) is -0.471. The summed E-state index contributed by atoms with van der Waals surface area (Å²) in [7, 11) is 1.54. The number of esters is 1. The molecule has 1 N–H and O–H groups in total. The molecule has 2 aromatic carbocycles. The van der Waals surface area contributed by atoms with E-state index in [-0.39, 0.29) is 12.6 Å². The van der Waals surface area contributed by atoms with Crippen LogP contribution in [-0.2, 0) is 14.3 Å². The van der Waals surface area contributed by atoms with Crippen LogP contribution < -0.4 is 5.32 Å². The van der Waals surface area contributed by atoms with Crippen molar-refractivity contribution < 1.29 is 19.1 Å². The second kappa shape index (κ2) is 8.71. The Bertz CT molecular complexity index is 935. The quantitative estimate of drug-likeness (QED) is 0.453. The van der Waals surface area contributed by atoms with Gasteiger partial charge in [-0.05, 0) is 29.3 Å². The number of urea groups is 1. The molecule has 146 valence electrons. The van der Waals surface area contributed by atoms with Crippen molar-refractivity contribution in [2.24, 2.45) is 0 Å². The number of nitrogens with one attached hydrogen (secondary N) is 1. The summed E-state index contributed by atoms with van der Waals surface area (Å²) in [6.45, 7) is 6.20. The fraction of sp³-hybridized carbons (Fsp3) is 0.273. The number of allylic oxidation sites excluding steroid dienone is 1. The van der Waals surface area contributed by atoms with Gasteiger partial charge in [0.2, 0.25) is 0 Å². The van der Waals surface area contributed by atoms with Crippen LogP contribution in [0.4, 0.5) is 4.79 Å². The number of carbonyl (C=O) groups excluding carboxylic acids is 2. The molecule has 0 aliphatic carbocycles. The molecule has 2 amide bonds. The summed E-state index contributed by atoms with van der Waals surface area (Å²) in [5, 5.41) is 5.06. The third-order valence-corrected chi connectivity index (χ3v) is 4.76. The minimum Gasteiger partial charge on any atom is -0.460 e. The molecule has 0 spiro atoms. The minimum absolute atomic E-state index is 0.145. The lowest BCUT2D eigenvalue weighted by molar-refractivity contribution is -0.140. The maximum absolute atomic E-state index is 12.8. The predicted molar refractivity (Wildman–Crippen MR) is 108 cm³/mol. The lowest BCUT2D eigenvalue weighted by atomic mass is 9.93. The molecule has 0 saturated carbocycles. The Balaban J connectivity index is 2.03. The lowest BCUT2D eigenvalue weighted by Gasteiger charge is -2.35. The normalized spacial score (nSPS) is 16.9. The van der Waals surface area contributed by atoms with E-state index in [0.717, 1.165) is 16.3 Å². The zero-order chi connectivity index (χ0) is 20.1. The Kier molecular flexibility index (Phi) is 6.11. The number of nitrogens with zero attached hydrogens (tertiary/aromatic N) is 1. The summed E-state index contributed by atoms with van der Waals surface area (Å²) < 4.78 is 10.3. The highest BCUT2D eigenvalue weighted by Gasteiger charge is 2.36. The second-order valence-corrected chi connectivity index (χ2v) is 6.52. The third kappa shape index (κ3) is 3.92. The molecule has 28 heavy (non-hydrogen) atoms. The van der Waals surface area contributed by atoms with Gasteiger partial charge in [0, 0.05) is 19.4 Å². The average Bonchev–Trinajstić information content (AvgIpc) is 2.70. The lowest BCUT2D eigenvalue weighted by Crippen LogP contribution is -2.48. The number of hydrogen-bond acceptors (Lipinski definition) is 4. The van der Waals surface area contributed by atoms with Gasteiger partial charge in [-0.25, -0.2) is 9.59 Å². The standard InChI is InChI=1S/C22H24N2O4/c1-4-11-24-15(2)19(21(25)28-13-12-27-3)20(23-22(24)26)18-10-9-16-7-5-6-8-17(16)14-18/h4-10,14,20H,1,11-13H2,2-3H3,(H,23,26)/t20-/m0/s1. The minimum atomic E-state index is -0.590. The first-order valence-corrected chi connectivity index (χ1v) is 9.11. The molecule has 0 fully saturated rings. The molecule has 0 radical (unpaired) electrons. The largest absolute Gasteiger partial charge is 0.460 e. The SMILES string of the molecule is C=CCN1C(=O)N[C@@H](c2ccc3ccccc3c2)C(C(=O)OCCOC)=C1C. The summed E-state index contributed by atoms with van der Waals surface area (Å²) in [6.07, 6.45) is 1.62. The first-order chi connectivity index (χ1) is 13.6. The molecule has 0 bridgehead atoms. The van der Waals surface area contributed by atoms with Crippen LogP contribution in [0.2, 0.25) is 0 Å². The van der Waals surface area contributed by atoms with Gasteiger partial charge in [-0.3, -0.25) is 4.90 Å². The number of benzene rings is 2. The fourth-order valence-corrected chi connectivity index (χ4v) is 3.33. The van der Waals surface area contributed by atoms with Crippen LogP contribution in [0, 0.1) is 0 Å². The molecule has 1 aliphatic heterocycles. The molecule has 0 unspecified atom stereocenters. The van der Waals surface area contributed by atoms with Crippen LogP contribution in [0.1, 0.15) is 18.5 Å². The number of ether oxygens (including phenoxy) is 2. The van der Waals surface area contributed by atoms with Gasteiger partial charge in [-0.2, -0.15) is 0 Å². The molecule has 6 nitrogen and oxygen atoms in total. The number of fused-ring (bicyclic) bond motifs is 1. The first kappa shape index (κ1) is 19.6. The Hall–Kier alpha value is -3.12. The van der Waals surface area contributed by atoms with Crippen molar-refractivity contribution in [1.82, 2.24) is 10.2 Å². The Morgan fingerprint density at radius 1 is 1.21 bits per heavy atom. The fourth-order valence-electron chi connectivity index (χ4n) is 3.33.